The van der Waals surface area contributed by atoms with Gasteiger partial charge in [-0.15, -0.1) is 0 Å². The molecular weight excluding hydrogens is 340 g/mol. The summed E-state index contributed by atoms with van der Waals surface area (Å²) in [4.78, 5) is 16.7. The Morgan fingerprint density at radius 1 is 1.24 bits per heavy atom. The van der Waals surface area contributed by atoms with E-state index in [0.717, 1.165) is 56.4 Å². The van der Waals surface area contributed by atoms with E-state index in [1.807, 2.05) is 25.1 Å². The zero-order valence-electron chi connectivity index (χ0n) is 14.4. The third kappa shape index (κ3) is 5.56. The van der Waals surface area contributed by atoms with Crippen LogP contribution in [0.4, 0.5) is 5.69 Å². The molecule has 1 amide bonds. The molecule has 0 unspecified atom stereocenters. The lowest BCUT2D eigenvalue weighted by atomic mass is 10.2. The number of hydrogen-bond donors (Lipinski definition) is 1. The van der Waals surface area contributed by atoms with E-state index in [1.54, 1.807) is 12.1 Å². The van der Waals surface area contributed by atoms with Gasteiger partial charge in [-0.05, 0) is 25.1 Å². The van der Waals surface area contributed by atoms with E-state index in [0.29, 0.717) is 11.4 Å². The van der Waals surface area contributed by atoms with Gasteiger partial charge in [0.15, 0.2) is 5.76 Å². The van der Waals surface area contributed by atoms with Crippen LogP contribution in [0.5, 0.6) is 0 Å². The molecule has 2 heterocycles. The molecule has 25 heavy (non-hydrogen) atoms. The SMILES string of the molecule is Cc1cc(CN2CCN(CCC(=O)Nc3cccc(Cl)c3)CC2)on1. The number of aryl methyl sites for hydroxylation is 1. The zero-order chi connectivity index (χ0) is 17.6. The predicted molar refractivity (Wildman–Crippen MR) is 97.7 cm³/mol. The van der Waals surface area contributed by atoms with Crippen LogP contribution in [-0.4, -0.2) is 53.6 Å². The van der Waals surface area contributed by atoms with Crippen LogP contribution in [0, 0.1) is 6.92 Å². The molecule has 1 fully saturated rings. The Morgan fingerprint density at radius 2 is 2.00 bits per heavy atom. The number of piperazine rings is 1. The van der Waals surface area contributed by atoms with E-state index >= 15 is 0 Å². The number of carbonyl (C=O) groups is 1. The largest absolute Gasteiger partial charge is 0.360 e. The number of hydrogen-bond acceptors (Lipinski definition) is 5. The number of rotatable bonds is 6. The lowest BCUT2D eigenvalue weighted by Crippen LogP contribution is -2.46. The number of nitrogens with one attached hydrogen (secondary N) is 1. The van der Waals surface area contributed by atoms with Crippen LogP contribution < -0.4 is 5.32 Å². The molecule has 2 aromatic rings. The standard InChI is InChI=1S/C18H23ClN4O2/c1-14-11-17(25-21-14)13-23-9-7-22(8-10-23)6-5-18(24)20-16-4-2-3-15(19)12-16/h2-4,11-12H,5-10,13H2,1H3,(H,20,24). The summed E-state index contributed by atoms with van der Waals surface area (Å²) >= 11 is 5.93. The van der Waals surface area contributed by atoms with Gasteiger partial charge in [0.1, 0.15) is 0 Å². The van der Waals surface area contributed by atoms with Gasteiger partial charge in [-0.1, -0.05) is 22.8 Å². The third-order valence-corrected chi connectivity index (χ3v) is 4.52. The molecule has 1 aliphatic heterocycles. The van der Waals surface area contributed by atoms with Crippen molar-refractivity contribution in [2.24, 2.45) is 0 Å². The Labute approximate surface area is 152 Å². The van der Waals surface area contributed by atoms with Crippen LogP contribution in [-0.2, 0) is 11.3 Å². The molecule has 1 saturated heterocycles. The van der Waals surface area contributed by atoms with E-state index in [4.69, 9.17) is 16.1 Å². The first-order valence-corrected chi connectivity index (χ1v) is 8.88. The molecule has 0 saturated carbocycles. The van der Waals surface area contributed by atoms with Crippen molar-refractivity contribution >= 4 is 23.2 Å². The van der Waals surface area contributed by atoms with E-state index in [9.17, 15) is 4.79 Å². The molecular formula is C18H23ClN4O2. The fourth-order valence-electron chi connectivity index (χ4n) is 2.93. The van der Waals surface area contributed by atoms with E-state index in [2.05, 4.69) is 20.3 Å². The van der Waals surface area contributed by atoms with Crippen molar-refractivity contribution in [2.75, 3.05) is 38.0 Å². The Bertz CT molecular complexity index is 711. The van der Waals surface area contributed by atoms with Gasteiger partial charge in [0.2, 0.25) is 5.91 Å². The van der Waals surface area contributed by atoms with E-state index in [-0.39, 0.29) is 5.91 Å². The minimum Gasteiger partial charge on any atom is -0.360 e. The summed E-state index contributed by atoms with van der Waals surface area (Å²) in [6.07, 6.45) is 0.480. The minimum atomic E-state index is 0.0156. The Balaban J connectivity index is 1.36. The van der Waals surface area contributed by atoms with Crippen LogP contribution in [0.2, 0.25) is 5.02 Å². The molecule has 0 aliphatic carbocycles. The average Bonchev–Trinajstić information content (AvgIpc) is 2.99. The second kappa shape index (κ2) is 8.47. The van der Waals surface area contributed by atoms with Gasteiger partial charge in [-0.3, -0.25) is 9.69 Å². The van der Waals surface area contributed by atoms with Crippen LogP contribution >= 0.6 is 11.6 Å². The molecule has 7 heteroatoms. The number of aromatic nitrogens is 1. The first-order valence-electron chi connectivity index (χ1n) is 8.51. The van der Waals surface area contributed by atoms with Crippen LogP contribution in [0.1, 0.15) is 17.9 Å². The topological polar surface area (TPSA) is 61.6 Å². The monoisotopic (exact) mass is 362 g/mol. The van der Waals surface area contributed by atoms with Gasteiger partial charge in [-0.25, -0.2) is 0 Å². The molecule has 1 N–H and O–H groups in total. The maximum absolute atomic E-state index is 12.1. The highest BCUT2D eigenvalue weighted by Crippen LogP contribution is 2.15. The highest BCUT2D eigenvalue weighted by Gasteiger charge is 2.18. The van der Waals surface area contributed by atoms with Gasteiger partial charge in [0.25, 0.3) is 0 Å². The van der Waals surface area contributed by atoms with E-state index in [1.165, 1.54) is 0 Å². The number of nitrogens with zero attached hydrogens (tertiary/aromatic N) is 3. The number of carbonyl (C=O) groups excluding carboxylic acids is 1. The predicted octanol–water partition coefficient (Wildman–Crippen LogP) is 2.78. The molecule has 1 aromatic heterocycles. The molecule has 1 aliphatic rings. The van der Waals surface area contributed by atoms with Crippen molar-refractivity contribution in [1.82, 2.24) is 15.0 Å². The first-order chi connectivity index (χ1) is 12.1. The van der Waals surface area contributed by atoms with Gasteiger partial charge >= 0.3 is 0 Å². The maximum atomic E-state index is 12.1. The average molecular weight is 363 g/mol. The summed E-state index contributed by atoms with van der Waals surface area (Å²) in [7, 11) is 0. The summed E-state index contributed by atoms with van der Waals surface area (Å²) in [5.41, 5.74) is 1.66. The number of benzene rings is 1. The highest BCUT2D eigenvalue weighted by atomic mass is 35.5. The minimum absolute atomic E-state index is 0.0156. The molecule has 134 valence electrons. The number of anilines is 1. The van der Waals surface area contributed by atoms with Crippen molar-refractivity contribution in [1.29, 1.82) is 0 Å². The second-order valence-electron chi connectivity index (χ2n) is 6.36. The first kappa shape index (κ1) is 17.9. The molecule has 6 nitrogen and oxygen atoms in total. The van der Waals surface area contributed by atoms with Crippen LogP contribution in [0.3, 0.4) is 0 Å². The Hall–Kier alpha value is -1.89. The molecule has 1 aromatic carbocycles. The van der Waals surface area contributed by atoms with Gasteiger partial charge < -0.3 is 14.7 Å². The van der Waals surface area contributed by atoms with Crippen LogP contribution in [0.25, 0.3) is 0 Å². The van der Waals surface area contributed by atoms with Crippen LogP contribution in [0.15, 0.2) is 34.9 Å². The maximum Gasteiger partial charge on any atom is 0.225 e. The summed E-state index contributed by atoms with van der Waals surface area (Å²) < 4.78 is 5.27. The van der Waals surface area contributed by atoms with Gasteiger partial charge in [0.05, 0.1) is 12.2 Å². The molecule has 0 atom stereocenters. The number of halogens is 1. The fraction of sp³-hybridized carbons (Fsp3) is 0.444. The fourth-order valence-corrected chi connectivity index (χ4v) is 3.12. The van der Waals surface area contributed by atoms with Crippen molar-refractivity contribution in [3.05, 3.63) is 46.8 Å². The smallest absolute Gasteiger partial charge is 0.225 e. The highest BCUT2D eigenvalue weighted by molar-refractivity contribution is 6.30. The summed E-state index contributed by atoms with van der Waals surface area (Å²) in [6.45, 7) is 7.34. The molecule has 0 spiro atoms. The normalized spacial score (nSPS) is 16.1. The molecule has 0 bridgehead atoms. The third-order valence-electron chi connectivity index (χ3n) is 4.28. The molecule has 0 radical (unpaired) electrons. The second-order valence-corrected chi connectivity index (χ2v) is 6.80. The zero-order valence-corrected chi connectivity index (χ0v) is 15.1. The molecule has 3 rings (SSSR count). The summed E-state index contributed by atoms with van der Waals surface area (Å²) in [5, 5.41) is 7.43. The van der Waals surface area contributed by atoms with E-state index < -0.39 is 0 Å². The van der Waals surface area contributed by atoms with Crippen molar-refractivity contribution < 1.29 is 9.32 Å². The van der Waals surface area contributed by atoms with Crippen molar-refractivity contribution in [3.63, 3.8) is 0 Å². The van der Waals surface area contributed by atoms with Crippen molar-refractivity contribution in [3.8, 4) is 0 Å². The van der Waals surface area contributed by atoms with Gasteiger partial charge in [0, 0.05) is 55.9 Å². The number of amides is 1. The summed E-state index contributed by atoms with van der Waals surface area (Å²) in [6, 6.07) is 9.19. The lowest BCUT2D eigenvalue weighted by Gasteiger charge is -2.33. The Morgan fingerprint density at radius 3 is 2.68 bits per heavy atom. The van der Waals surface area contributed by atoms with Crippen molar-refractivity contribution in [2.45, 2.75) is 19.9 Å². The summed E-state index contributed by atoms with van der Waals surface area (Å²) in [5.74, 6) is 0.925. The Kier molecular flexibility index (Phi) is 6.07. The van der Waals surface area contributed by atoms with Gasteiger partial charge in [-0.2, -0.15) is 0 Å². The quantitative estimate of drug-likeness (QED) is 0.856. The lowest BCUT2D eigenvalue weighted by molar-refractivity contribution is -0.116.